The lowest BCUT2D eigenvalue weighted by atomic mass is 10.1. The minimum atomic E-state index is 0.142. The Morgan fingerprint density at radius 2 is 1.52 bits per heavy atom. The molecule has 0 fully saturated rings. The molecule has 0 saturated carbocycles. The molecule has 2 heterocycles. The zero-order valence-electron chi connectivity index (χ0n) is 18.1. The lowest BCUT2D eigenvalue weighted by Crippen LogP contribution is -1.99. The predicted molar refractivity (Wildman–Crippen MR) is 136 cm³/mol. The molecule has 0 aliphatic rings. The third-order valence-electron chi connectivity index (χ3n) is 5.56. The van der Waals surface area contributed by atoms with E-state index in [-0.39, 0.29) is 5.28 Å². The van der Waals surface area contributed by atoms with Crippen LogP contribution in [0.2, 0.25) is 5.28 Å². The molecular formula is C28H21ClN4. The van der Waals surface area contributed by atoms with Crippen LogP contribution in [0.25, 0.3) is 39.6 Å². The van der Waals surface area contributed by atoms with Crippen molar-refractivity contribution < 1.29 is 0 Å². The molecule has 5 aromatic rings. The van der Waals surface area contributed by atoms with Gasteiger partial charge in [-0.15, -0.1) is 0 Å². The summed E-state index contributed by atoms with van der Waals surface area (Å²) in [7, 11) is 0. The van der Waals surface area contributed by atoms with Crippen molar-refractivity contribution in [2.45, 2.75) is 6.92 Å². The fourth-order valence-corrected chi connectivity index (χ4v) is 4.10. The summed E-state index contributed by atoms with van der Waals surface area (Å²) in [4.78, 5) is 13.2. The van der Waals surface area contributed by atoms with Gasteiger partial charge in [-0.3, -0.25) is 0 Å². The average Bonchev–Trinajstić information content (AvgIpc) is 3.15. The zero-order valence-corrected chi connectivity index (χ0v) is 18.9. The summed E-state index contributed by atoms with van der Waals surface area (Å²) >= 11 is 6.21. The normalized spacial score (nSPS) is 11.3. The first-order valence-corrected chi connectivity index (χ1v) is 11.0. The van der Waals surface area contributed by atoms with E-state index in [4.69, 9.17) is 11.6 Å². The van der Waals surface area contributed by atoms with Crippen LogP contribution in [0.3, 0.4) is 0 Å². The number of aromatic nitrogens is 4. The minimum absolute atomic E-state index is 0.142. The second kappa shape index (κ2) is 8.85. The summed E-state index contributed by atoms with van der Waals surface area (Å²) < 4.78 is 2.25. The minimum Gasteiger partial charge on any atom is -0.310 e. The number of nitrogens with zero attached hydrogens (tertiary/aromatic N) is 4. The van der Waals surface area contributed by atoms with Crippen LogP contribution in [0, 0.1) is 6.92 Å². The van der Waals surface area contributed by atoms with Crippen molar-refractivity contribution in [1.82, 2.24) is 19.5 Å². The molecule has 2 aromatic heterocycles. The SMILES string of the molecule is C=C(/C=C\c1c(C)c2ccccc2n1-c1ccccc1)c1nc(Cl)nc(-c2ccccc2)n1. The first kappa shape index (κ1) is 20.9. The molecule has 5 rings (SSSR count). The summed E-state index contributed by atoms with van der Waals surface area (Å²) in [6.45, 7) is 6.33. The zero-order chi connectivity index (χ0) is 22.8. The van der Waals surface area contributed by atoms with Crippen LogP contribution in [0.4, 0.5) is 0 Å². The van der Waals surface area contributed by atoms with Crippen LogP contribution in [0.5, 0.6) is 0 Å². The van der Waals surface area contributed by atoms with Gasteiger partial charge >= 0.3 is 0 Å². The molecular weight excluding hydrogens is 428 g/mol. The first-order chi connectivity index (χ1) is 16.1. The summed E-state index contributed by atoms with van der Waals surface area (Å²) in [5.74, 6) is 0.972. The van der Waals surface area contributed by atoms with E-state index in [9.17, 15) is 0 Å². The van der Waals surface area contributed by atoms with Crippen molar-refractivity contribution >= 4 is 34.2 Å². The number of hydrogen-bond donors (Lipinski definition) is 0. The van der Waals surface area contributed by atoms with Crippen molar-refractivity contribution in [2.75, 3.05) is 0 Å². The van der Waals surface area contributed by atoms with Crippen molar-refractivity contribution in [1.29, 1.82) is 0 Å². The first-order valence-electron chi connectivity index (χ1n) is 10.6. The molecule has 0 bridgehead atoms. The molecule has 0 radical (unpaired) electrons. The largest absolute Gasteiger partial charge is 0.310 e. The average molecular weight is 449 g/mol. The van der Waals surface area contributed by atoms with Gasteiger partial charge in [0.1, 0.15) is 0 Å². The quantitative estimate of drug-likeness (QED) is 0.267. The monoisotopic (exact) mass is 448 g/mol. The number of fused-ring (bicyclic) bond motifs is 1. The highest BCUT2D eigenvalue weighted by atomic mass is 35.5. The lowest BCUT2D eigenvalue weighted by Gasteiger charge is -2.09. The maximum Gasteiger partial charge on any atom is 0.226 e. The smallest absolute Gasteiger partial charge is 0.226 e. The number of para-hydroxylation sites is 2. The van der Waals surface area contributed by atoms with Gasteiger partial charge < -0.3 is 4.57 Å². The Hall–Kier alpha value is -4.02. The van der Waals surface area contributed by atoms with Gasteiger partial charge in [0.2, 0.25) is 5.28 Å². The fourth-order valence-electron chi connectivity index (χ4n) is 3.94. The summed E-state index contributed by atoms with van der Waals surface area (Å²) in [5, 5.41) is 1.35. The van der Waals surface area contributed by atoms with Crippen molar-refractivity contribution in [3.8, 4) is 17.1 Å². The van der Waals surface area contributed by atoms with Gasteiger partial charge in [-0.25, -0.2) is 4.98 Å². The fraction of sp³-hybridized carbons (Fsp3) is 0.0357. The third kappa shape index (κ3) is 4.09. The van der Waals surface area contributed by atoms with Crippen LogP contribution in [-0.2, 0) is 0 Å². The molecule has 0 N–H and O–H groups in total. The second-order valence-electron chi connectivity index (χ2n) is 7.67. The van der Waals surface area contributed by atoms with Gasteiger partial charge in [0, 0.05) is 27.9 Å². The number of allylic oxidation sites excluding steroid dienone is 2. The Labute approximate surface area is 197 Å². The number of benzene rings is 3. The van der Waals surface area contributed by atoms with E-state index >= 15 is 0 Å². The van der Waals surface area contributed by atoms with Crippen LogP contribution in [0.15, 0.2) is 97.6 Å². The van der Waals surface area contributed by atoms with Crippen molar-refractivity contribution in [2.24, 2.45) is 0 Å². The Morgan fingerprint density at radius 3 is 2.27 bits per heavy atom. The van der Waals surface area contributed by atoms with E-state index in [0.717, 1.165) is 22.5 Å². The van der Waals surface area contributed by atoms with E-state index in [2.05, 4.69) is 75.5 Å². The topological polar surface area (TPSA) is 43.6 Å². The molecule has 5 heteroatoms. The molecule has 3 aromatic carbocycles. The van der Waals surface area contributed by atoms with Gasteiger partial charge in [-0.1, -0.05) is 73.3 Å². The predicted octanol–water partition coefficient (Wildman–Crippen LogP) is 7.17. The van der Waals surface area contributed by atoms with Gasteiger partial charge in [0.15, 0.2) is 11.6 Å². The Balaban J connectivity index is 1.57. The molecule has 0 amide bonds. The van der Waals surface area contributed by atoms with Crippen molar-refractivity contribution in [3.63, 3.8) is 0 Å². The molecule has 4 nitrogen and oxygen atoms in total. The van der Waals surface area contributed by atoms with E-state index < -0.39 is 0 Å². The molecule has 33 heavy (non-hydrogen) atoms. The molecule has 0 aliphatic heterocycles. The number of hydrogen-bond acceptors (Lipinski definition) is 3. The highest BCUT2D eigenvalue weighted by Crippen LogP contribution is 2.30. The van der Waals surface area contributed by atoms with E-state index in [1.807, 2.05) is 54.6 Å². The number of halogens is 1. The van der Waals surface area contributed by atoms with Crippen LogP contribution < -0.4 is 0 Å². The van der Waals surface area contributed by atoms with Gasteiger partial charge in [-0.2, -0.15) is 9.97 Å². The molecule has 0 saturated heterocycles. The van der Waals surface area contributed by atoms with E-state index in [1.54, 1.807) is 0 Å². The summed E-state index contributed by atoms with van der Waals surface area (Å²) in [6, 6.07) is 28.4. The van der Waals surface area contributed by atoms with E-state index in [1.165, 1.54) is 10.9 Å². The van der Waals surface area contributed by atoms with Gasteiger partial charge in [0.05, 0.1) is 5.52 Å². The van der Waals surface area contributed by atoms with Crippen LogP contribution >= 0.6 is 11.6 Å². The van der Waals surface area contributed by atoms with Crippen LogP contribution in [0.1, 0.15) is 17.1 Å². The molecule has 0 aliphatic carbocycles. The highest BCUT2D eigenvalue weighted by Gasteiger charge is 2.14. The highest BCUT2D eigenvalue weighted by molar-refractivity contribution is 6.28. The Bertz CT molecular complexity index is 1490. The Morgan fingerprint density at radius 1 is 0.848 bits per heavy atom. The van der Waals surface area contributed by atoms with Gasteiger partial charge in [0.25, 0.3) is 0 Å². The second-order valence-corrected chi connectivity index (χ2v) is 8.01. The number of aryl methyl sites for hydroxylation is 1. The lowest BCUT2D eigenvalue weighted by molar-refractivity contribution is 1.03. The molecule has 0 spiro atoms. The molecule has 160 valence electrons. The number of rotatable bonds is 5. The van der Waals surface area contributed by atoms with Crippen molar-refractivity contribution in [3.05, 3.63) is 120 Å². The maximum atomic E-state index is 6.21. The Kier molecular flexibility index (Phi) is 5.59. The molecule has 0 atom stereocenters. The third-order valence-corrected chi connectivity index (χ3v) is 5.73. The summed E-state index contributed by atoms with van der Waals surface area (Å²) in [5.41, 5.74) is 6.05. The van der Waals surface area contributed by atoms with E-state index in [0.29, 0.717) is 17.2 Å². The van der Waals surface area contributed by atoms with Gasteiger partial charge in [-0.05, 0) is 54.4 Å². The summed E-state index contributed by atoms with van der Waals surface area (Å²) in [6.07, 6.45) is 3.99. The molecule has 0 unspecified atom stereocenters. The maximum absolute atomic E-state index is 6.21. The standard InChI is InChI=1S/C28H21ClN4/c1-19(26-30-27(32-28(29)31-26)21-11-5-3-6-12-21)17-18-24-20(2)23-15-9-10-16-25(23)33(24)22-13-7-4-8-14-22/h3-18H,1H2,2H3/b18-17-. The van der Waals surface area contributed by atoms with Crippen LogP contribution in [-0.4, -0.2) is 19.5 Å².